The Morgan fingerprint density at radius 3 is 2.24 bits per heavy atom. The number of carboxylic acids is 1. The number of hydrogen-bond acceptors (Lipinski definition) is 4. The van der Waals surface area contributed by atoms with Crippen molar-refractivity contribution in [1.82, 2.24) is 9.78 Å². The Balaban J connectivity index is 1.36. The lowest BCUT2D eigenvalue weighted by Gasteiger charge is -2.44. The van der Waals surface area contributed by atoms with Gasteiger partial charge in [0, 0.05) is 12.1 Å². The van der Waals surface area contributed by atoms with E-state index in [1.165, 1.54) is 25.7 Å². The van der Waals surface area contributed by atoms with Crippen LogP contribution in [-0.4, -0.2) is 34.6 Å². The zero-order chi connectivity index (χ0) is 25.5. The van der Waals surface area contributed by atoms with E-state index in [4.69, 9.17) is 14.6 Å². The van der Waals surface area contributed by atoms with Crippen LogP contribution in [0, 0.1) is 11.8 Å². The average Bonchev–Trinajstić information content (AvgIpc) is 3.87. The Kier molecular flexibility index (Phi) is 6.31. The lowest BCUT2D eigenvalue weighted by Crippen LogP contribution is -2.46. The molecular formula is C31H36N2O4. The fourth-order valence-electron chi connectivity index (χ4n) is 5.82. The van der Waals surface area contributed by atoms with Gasteiger partial charge in [-0.05, 0) is 99.1 Å². The van der Waals surface area contributed by atoms with Crippen molar-refractivity contribution in [3.8, 4) is 17.0 Å². The molecule has 37 heavy (non-hydrogen) atoms. The summed E-state index contributed by atoms with van der Waals surface area (Å²) in [6.45, 7) is 1.63. The minimum absolute atomic E-state index is 0.532. The van der Waals surface area contributed by atoms with Crippen molar-refractivity contribution in [1.29, 1.82) is 0 Å². The molecule has 0 spiro atoms. The highest BCUT2D eigenvalue weighted by Gasteiger charge is 2.51. The predicted octanol–water partition coefficient (Wildman–Crippen LogP) is 6.19. The monoisotopic (exact) mass is 500 g/mol. The van der Waals surface area contributed by atoms with Gasteiger partial charge in [0.2, 0.25) is 0 Å². The van der Waals surface area contributed by atoms with Gasteiger partial charge in [0.05, 0.1) is 30.5 Å². The van der Waals surface area contributed by atoms with Crippen molar-refractivity contribution in [3.05, 3.63) is 71.9 Å². The fraction of sp³-hybridized carbons (Fsp3) is 0.484. The molecule has 0 amide bonds. The van der Waals surface area contributed by atoms with E-state index in [0.29, 0.717) is 37.5 Å². The van der Waals surface area contributed by atoms with E-state index in [9.17, 15) is 9.90 Å². The maximum absolute atomic E-state index is 12.7. The van der Waals surface area contributed by atoms with Crippen molar-refractivity contribution in [2.75, 3.05) is 13.7 Å². The molecule has 1 N–H and O–H groups in total. The molecule has 194 valence electrons. The Hall–Kier alpha value is -3.12. The molecule has 0 radical (unpaired) electrons. The minimum atomic E-state index is -0.886. The summed E-state index contributed by atoms with van der Waals surface area (Å²) in [6.07, 6.45) is 7.28. The molecule has 6 heteroatoms. The number of carbonyl (C=O) groups is 1. The highest BCUT2D eigenvalue weighted by atomic mass is 16.5. The summed E-state index contributed by atoms with van der Waals surface area (Å²) in [7, 11) is 1.68. The number of ether oxygens (including phenoxy) is 2. The van der Waals surface area contributed by atoms with E-state index >= 15 is 0 Å². The van der Waals surface area contributed by atoms with Gasteiger partial charge in [-0.15, -0.1) is 0 Å². The quantitative estimate of drug-likeness (QED) is 0.359. The Morgan fingerprint density at radius 2 is 1.65 bits per heavy atom. The van der Waals surface area contributed by atoms with Crippen LogP contribution in [0.2, 0.25) is 0 Å². The first kappa shape index (κ1) is 24.2. The summed E-state index contributed by atoms with van der Waals surface area (Å²) in [4.78, 5) is 12.7. The zero-order valence-corrected chi connectivity index (χ0v) is 21.6. The summed E-state index contributed by atoms with van der Waals surface area (Å²) in [5.74, 6) is 1.39. The molecular weight excluding hydrogens is 464 g/mol. The average molecular weight is 501 g/mol. The first-order valence-corrected chi connectivity index (χ1v) is 13.7. The SMILES string of the molecule is COc1ccc(-c2cc([C@]3(OCC4CC4)CC[C@](C(=O)O)(c4ccccc4)CC3)nn2CC2CC2)cc1. The van der Waals surface area contributed by atoms with E-state index in [1.807, 2.05) is 42.5 Å². The molecule has 0 aliphatic heterocycles. The van der Waals surface area contributed by atoms with Crippen molar-refractivity contribution >= 4 is 5.97 Å². The third kappa shape index (κ3) is 4.79. The Labute approximate surface area is 218 Å². The molecule has 6 nitrogen and oxygen atoms in total. The van der Waals surface area contributed by atoms with Gasteiger partial charge in [0.1, 0.15) is 11.4 Å². The third-order valence-electron chi connectivity index (χ3n) is 8.70. The van der Waals surface area contributed by atoms with Crippen molar-refractivity contribution < 1.29 is 19.4 Å². The van der Waals surface area contributed by atoms with Crippen molar-refractivity contribution in [2.45, 2.75) is 68.9 Å². The summed E-state index contributed by atoms with van der Waals surface area (Å²) >= 11 is 0. The topological polar surface area (TPSA) is 73.6 Å². The van der Waals surface area contributed by atoms with Crippen LogP contribution in [0.5, 0.6) is 5.75 Å². The predicted molar refractivity (Wildman–Crippen MR) is 142 cm³/mol. The number of hydrogen-bond donors (Lipinski definition) is 1. The van der Waals surface area contributed by atoms with Crippen molar-refractivity contribution in [2.24, 2.45) is 11.8 Å². The highest BCUT2D eigenvalue weighted by Crippen LogP contribution is 2.50. The maximum Gasteiger partial charge on any atom is 0.314 e. The van der Waals surface area contributed by atoms with Gasteiger partial charge in [0.15, 0.2) is 0 Å². The van der Waals surface area contributed by atoms with Crippen LogP contribution in [0.1, 0.15) is 62.6 Å². The first-order valence-electron chi connectivity index (χ1n) is 13.7. The molecule has 1 aromatic heterocycles. The van der Waals surface area contributed by atoms with Gasteiger partial charge >= 0.3 is 5.97 Å². The normalized spacial score (nSPS) is 25.6. The standard InChI is InChI=1S/C31H36N2O4/c1-36-26-13-11-24(12-14-26)27-19-28(32-33(27)20-22-7-8-22)31(37-21-23-9-10-23)17-15-30(16-18-31,29(34)35)25-5-3-2-4-6-25/h2-6,11-14,19,22-23H,7-10,15-18,20-21H2,1H3,(H,34,35)/t30-,31+. The van der Waals surface area contributed by atoms with E-state index in [2.05, 4.69) is 22.9 Å². The molecule has 0 saturated heterocycles. The number of nitrogens with zero attached hydrogens (tertiary/aromatic N) is 2. The van der Waals surface area contributed by atoms with Gasteiger partial charge < -0.3 is 14.6 Å². The van der Waals surface area contributed by atoms with Crippen LogP contribution in [0.3, 0.4) is 0 Å². The summed E-state index contributed by atoms with van der Waals surface area (Å²) in [5.41, 5.74) is 2.59. The molecule has 3 fully saturated rings. The number of rotatable bonds is 10. The molecule has 6 rings (SSSR count). The minimum Gasteiger partial charge on any atom is -0.497 e. The van der Waals surface area contributed by atoms with Gasteiger partial charge in [-0.1, -0.05) is 30.3 Å². The number of aliphatic carboxylic acids is 1. The highest BCUT2D eigenvalue weighted by molar-refractivity contribution is 5.81. The molecule has 3 aromatic rings. The molecule has 0 atom stereocenters. The van der Waals surface area contributed by atoms with Gasteiger partial charge in [0.25, 0.3) is 0 Å². The van der Waals surface area contributed by atoms with Gasteiger partial charge in [-0.3, -0.25) is 9.48 Å². The lowest BCUT2D eigenvalue weighted by molar-refractivity contribution is -0.151. The van der Waals surface area contributed by atoms with Crippen LogP contribution in [-0.2, 0) is 27.1 Å². The third-order valence-corrected chi connectivity index (χ3v) is 8.70. The molecule has 0 unspecified atom stereocenters. The van der Waals surface area contributed by atoms with E-state index in [-0.39, 0.29) is 0 Å². The maximum atomic E-state index is 12.7. The van der Waals surface area contributed by atoms with E-state index in [0.717, 1.165) is 41.4 Å². The zero-order valence-electron chi connectivity index (χ0n) is 21.6. The second kappa shape index (κ2) is 9.64. The van der Waals surface area contributed by atoms with Crippen LogP contribution < -0.4 is 4.74 Å². The molecule has 2 aromatic carbocycles. The van der Waals surface area contributed by atoms with Crippen LogP contribution >= 0.6 is 0 Å². The smallest absolute Gasteiger partial charge is 0.314 e. The van der Waals surface area contributed by atoms with E-state index in [1.54, 1.807) is 7.11 Å². The van der Waals surface area contributed by atoms with Crippen LogP contribution in [0.15, 0.2) is 60.7 Å². The number of aromatic nitrogens is 2. The van der Waals surface area contributed by atoms with E-state index < -0.39 is 17.0 Å². The number of carboxylic acid groups (broad SMARTS) is 1. The number of benzene rings is 2. The summed E-state index contributed by atoms with van der Waals surface area (Å²) in [6, 6.07) is 20.1. The molecule has 0 bridgehead atoms. The molecule has 3 aliphatic carbocycles. The lowest BCUT2D eigenvalue weighted by atomic mass is 9.64. The van der Waals surface area contributed by atoms with Crippen LogP contribution in [0.25, 0.3) is 11.3 Å². The Morgan fingerprint density at radius 1 is 0.973 bits per heavy atom. The summed E-state index contributed by atoms with van der Waals surface area (Å²) in [5, 5.41) is 15.6. The second-order valence-corrected chi connectivity index (χ2v) is 11.3. The van der Waals surface area contributed by atoms with Gasteiger partial charge in [-0.2, -0.15) is 5.10 Å². The first-order chi connectivity index (χ1) is 18.0. The number of methoxy groups -OCH3 is 1. The fourth-order valence-corrected chi connectivity index (χ4v) is 5.82. The van der Waals surface area contributed by atoms with Gasteiger partial charge in [-0.25, -0.2) is 0 Å². The largest absolute Gasteiger partial charge is 0.497 e. The van der Waals surface area contributed by atoms with Crippen LogP contribution in [0.4, 0.5) is 0 Å². The van der Waals surface area contributed by atoms with Crippen molar-refractivity contribution in [3.63, 3.8) is 0 Å². The Bertz CT molecular complexity index is 1230. The second-order valence-electron chi connectivity index (χ2n) is 11.3. The molecule has 1 heterocycles. The molecule has 3 aliphatic rings. The molecule has 3 saturated carbocycles. The summed E-state index contributed by atoms with van der Waals surface area (Å²) < 4.78 is 14.3.